The Kier molecular flexibility index (Phi) is 4.38. The van der Waals surface area contributed by atoms with Gasteiger partial charge in [0.15, 0.2) is 0 Å². The van der Waals surface area contributed by atoms with E-state index in [0.29, 0.717) is 12.8 Å². The van der Waals surface area contributed by atoms with Gasteiger partial charge in [-0.3, -0.25) is 4.79 Å². The minimum Gasteiger partial charge on any atom is -0.355 e. The third-order valence-electron chi connectivity index (χ3n) is 3.03. The van der Waals surface area contributed by atoms with Gasteiger partial charge >= 0.3 is 6.18 Å². The minimum absolute atomic E-state index is 0.0260. The van der Waals surface area contributed by atoms with Crippen molar-refractivity contribution in [3.63, 3.8) is 0 Å². The van der Waals surface area contributed by atoms with E-state index < -0.39 is 23.9 Å². The van der Waals surface area contributed by atoms with Gasteiger partial charge in [0, 0.05) is 13.0 Å². The number of carbonyl (C=O) groups is 1. The van der Waals surface area contributed by atoms with Gasteiger partial charge in [-0.05, 0) is 19.3 Å². The average molecular weight is 248 g/mol. The predicted molar refractivity (Wildman–Crippen MR) is 54.8 cm³/mol. The molecule has 0 aromatic carbocycles. The van der Waals surface area contributed by atoms with E-state index in [0.717, 1.165) is 12.8 Å². The minimum atomic E-state index is -4.19. The van der Waals surface area contributed by atoms with Crippen LogP contribution in [0.2, 0.25) is 0 Å². The van der Waals surface area contributed by atoms with Crippen LogP contribution in [0.5, 0.6) is 0 Å². The average Bonchev–Trinajstić information content (AvgIpc) is 2.72. The van der Waals surface area contributed by atoms with Crippen LogP contribution >= 0.6 is 0 Å². The molecule has 1 fully saturated rings. The van der Waals surface area contributed by atoms with Crippen molar-refractivity contribution in [1.29, 1.82) is 5.26 Å². The van der Waals surface area contributed by atoms with Crippen LogP contribution in [0.3, 0.4) is 0 Å². The number of halogens is 3. The Morgan fingerprint density at radius 3 is 2.41 bits per heavy atom. The summed E-state index contributed by atoms with van der Waals surface area (Å²) in [7, 11) is 0. The summed E-state index contributed by atoms with van der Waals surface area (Å²) >= 11 is 0. The molecule has 0 atom stereocenters. The van der Waals surface area contributed by atoms with E-state index in [9.17, 15) is 18.0 Å². The van der Waals surface area contributed by atoms with E-state index >= 15 is 0 Å². The molecule has 1 rings (SSSR count). The lowest BCUT2D eigenvalue weighted by Crippen LogP contribution is -2.38. The van der Waals surface area contributed by atoms with Gasteiger partial charge in [-0.15, -0.1) is 0 Å². The van der Waals surface area contributed by atoms with Crippen molar-refractivity contribution in [3.8, 4) is 6.07 Å². The third kappa shape index (κ3) is 3.91. The van der Waals surface area contributed by atoms with Crippen LogP contribution in [-0.4, -0.2) is 18.6 Å². The van der Waals surface area contributed by atoms with E-state index in [1.54, 1.807) is 0 Å². The normalized spacial score (nSPS) is 18.7. The summed E-state index contributed by atoms with van der Waals surface area (Å²) in [6, 6.07) is 2.00. The quantitative estimate of drug-likeness (QED) is 0.777. The number of amides is 1. The highest BCUT2D eigenvalue weighted by Gasteiger charge is 2.41. The van der Waals surface area contributed by atoms with Crippen LogP contribution in [0.25, 0.3) is 0 Å². The Morgan fingerprint density at radius 1 is 1.35 bits per heavy atom. The molecule has 1 amide bonds. The maximum absolute atomic E-state index is 11.9. The molecule has 1 aliphatic rings. The Hall–Kier alpha value is -1.25. The number of nitrogens with one attached hydrogen (secondary N) is 1. The van der Waals surface area contributed by atoms with Crippen molar-refractivity contribution in [1.82, 2.24) is 5.32 Å². The van der Waals surface area contributed by atoms with Crippen molar-refractivity contribution in [3.05, 3.63) is 0 Å². The molecule has 1 saturated carbocycles. The van der Waals surface area contributed by atoms with Crippen molar-refractivity contribution in [2.75, 3.05) is 6.54 Å². The van der Waals surface area contributed by atoms with Crippen LogP contribution in [0.4, 0.5) is 13.2 Å². The third-order valence-corrected chi connectivity index (χ3v) is 3.03. The molecule has 0 saturated heterocycles. The summed E-state index contributed by atoms with van der Waals surface area (Å²) in [5.74, 6) is -0.417. The van der Waals surface area contributed by atoms with Crippen LogP contribution in [0.15, 0.2) is 0 Å². The molecule has 3 nitrogen and oxygen atoms in total. The lowest BCUT2D eigenvalue weighted by atomic mass is 9.87. The molecule has 0 aromatic heterocycles. The summed E-state index contributed by atoms with van der Waals surface area (Å²) < 4.78 is 35.6. The Labute approximate surface area is 98.0 Å². The summed E-state index contributed by atoms with van der Waals surface area (Å²) in [6.45, 7) is -0.0260. The first-order valence-electron chi connectivity index (χ1n) is 5.66. The van der Waals surface area contributed by atoms with E-state index in [1.807, 2.05) is 6.07 Å². The van der Waals surface area contributed by atoms with Gasteiger partial charge in [-0.2, -0.15) is 18.4 Å². The van der Waals surface area contributed by atoms with Gasteiger partial charge in [0.1, 0.15) is 5.41 Å². The van der Waals surface area contributed by atoms with Crippen molar-refractivity contribution < 1.29 is 18.0 Å². The molecule has 0 aromatic rings. The Morgan fingerprint density at radius 2 is 1.94 bits per heavy atom. The number of nitrogens with zero attached hydrogens (tertiary/aromatic N) is 1. The topological polar surface area (TPSA) is 52.9 Å². The molecular formula is C11H15F3N2O. The molecule has 0 aliphatic heterocycles. The number of hydrogen-bond acceptors (Lipinski definition) is 2. The second-order valence-corrected chi connectivity index (χ2v) is 4.38. The second kappa shape index (κ2) is 5.39. The first kappa shape index (κ1) is 13.8. The fourth-order valence-corrected chi connectivity index (χ4v) is 2.03. The van der Waals surface area contributed by atoms with Crippen LogP contribution in [0.1, 0.15) is 38.5 Å². The summed E-state index contributed by atoms with van der Waals surface area (Å²) in [5.41, 5.74) is -1.00. The molecule has 6 heteroatoms. The molecule has 17 heavy (non-hydrogen) atoms. The lowest BCUT2D eigenvalue weighted by Gasteiger charge is -2.19. The number of hydrogen-bond donors (Lipinski definition) is 1. The van der Waals surface area contributed by atoms with Crippen LogP contribution in [0, 0.1) is 16.7 Å². The van der Waals surface area contributed by atoms with Gasteiger partial charge in [0.2, 0.25) is 5.91 Å². The predicted octanol–water partition coefficient (Wildman–Crippen LogP) is 2.53. The lowest BCUT2D eigenvalue weighted by molar-refractivity contribution is -0.137. The Bertz CT molecular complexity index is 314. The summed E-state index contributed by atoms with van der Waals surface area (Å²) in [4.78, 5) is 11.7. The maximum Gasteiger partial charge on any atom is 0.389 e. The van der Waals surface area contributed by atoms with Crippen molar-refractivity contribution in [2.45, 2.75) is 44.7 Å². The Balaban J connectivity index is 2.32. The van der Waals surface area contributed by atoms with Gasteiger partial charge in [-0.1, -0.05) is 12.8 Å². The molecule has 0 spiro atoms. The zero-order valence-electron chi connectivity index (χ0n) is 9.44. The van der Waals surface area contributed by atoms with Crippen molar-refractivity contribution >= 4 is 5.91 Å². The van der Waals surface area contributed by atoms with Crippen molar-refractivity contribution in [2.24, 2.45) is 5.41 Å². The van der Waals surface area contributed by atoms with Gasteiger partial charge in [0.05, 0.1) is 6.07 Å². The van der Waals surface area contributed by atoms with E-state index in [-0.39, 0.29) is 13.0 Å². The zero-order chi connectivity index (χ0) is 12.9. The van der Waals surface area contributed by atoms with E-state index in [1.165, 1.54) is 0 Å². The highest BCUT2D eigenvalue weighted by Crippen LogP contribution is 2.37. The first-order valence-corrected chi connectivity index (χ1v) is 5.66. The molecular weight excluding hydrogens is 233 g/mol. The molecule has 1 N–H and O–H groups in total. The largest absolute Gasteiger partial charge is 0.389 e. The van der Waals surface area contributed by atoms with Gasteiger partial charge in [0.25, 0.3) is 0 Å². The SMILES string of the molecule is N#CC1(C(=O)NCCCC(F)(F)F)CCCC1. The number of rotatable bonds is 4. The fraction of sp³-hybridized carbons (Fsp3) is 0.818. The molecule has 0 radical (unpaired) electrons. The molecule has 1 aliphatic carbocycles. The van der Waals surface area contributed by atoms with Crippen LogP contribution < -0.4 is 5.32 Å². The highest BCUT2D eigenvalue weighted by atomic mass is 19.4. The van der Waals surface area contributed by atoms with E-state index in [4.69, 9.17) is 5.26 Å². The second-order valence-electron chi connectivity index (χ2n) is 4.38. The number of carbonyl (C=O) groups excluding carboxylic acids is 1. The molecule has 0 bridgehead atoms. The maximum atomic E-state index is 11.9. The first-order chi connectivity index (χ1) is 7.90. The fourth-order valence-electron chi connectivity index (χ4n) is 2.03. The number of nitriles is 1. The van der Waals surface area contributed by atoms with Gasteiger partial charge < -0.3 is 5.32 Å². The molecule has 96 valence electrons. The van der Waals surface area contributed by atoms with E-state index in [2.05, 4.69) is 5.32 Å². The smallest absolute Gasteiger partial charge is 0.355 e. The highest BCUT2D eigenvalue weighted by molar-refractivity contribution is 5.85. The van der Waals surface area contributed by atoms with Crippen LogP contribution in [-0.2, 0) is 4.79 Å². The molecule has 0 unspecified atom stereocenters. The number of alkyl halides is 3. The molecule has 0 heterocycles. The van der Waals surface area contributed by atoms with Gasteiger partial charge in [-0.25, -0.2) is 0 Å². The zero-order valence-corrected chi connectivity index (χ0v) is 9.44. The monoisotopic (exact) mass is 248 g/mol. The standard InChI is InChI=1S/C11H15F3N2O/c12-11(13,14)6-3-7-16-9(17)10(8-15)4-1-2-5-10/h1-7H2,(H,16,17). The summed E-state index contributed by atoms with van der Waals surface area (Å²) in [6.07, 6.45) is -2.58. The summed E-state index contributed by atoms with van der Waals surface area (Å²) in [5, 5.41) is 11.4.